The van der Waals surface area contributed by atoms with Crippen LogP contribution in [0.5, 0.6) is 5.88 Å². The van der Waals surface area contributed by atoms with Gasteiger partial charge in [-0.2, -0.15) is 5.10 Å². The molecule has 1 N–H and O–H groups in total. The van der Waals surface area contributed by atoms with Gasteiger partial charge in [0.1, 0.15) is 0 Å². The predicted molar refractivity (Wildman–Crippen MR) is 75.1 cm³/mol. The van der Waals surface area contributed by atoms with E-state index in [0.717, 1.165) is 25.1 Å². The van der Waals surface area contributed by atoms with Crippen molar-refractivity contribution < 1.29 is 9.53 Å². The van der Waals surface area contributed by atoms with Gasteiger partial charge < -0.3 is 9.64 Å². The van der Waals surface area contributed by atoms with Crippen LogP contribution in [0.2, 0.25) is 0 Å². The summed E-state index contributed by atoms with van der Waals surface area (Å²) in [4.78, 5) is 14.3. The lowest BCUT2D eigenvalue weighted by atomic mass is 9.95. The Labute approximate surface area is 122 Å². The van der Waals surface area contributed by atoms with Gasteiger partial charge in [-0.1, -0.05) is 0 Å². The summed E-state index contributed by atoms with van der Waals surface area (Å²) in [7, 11) is 1.52. The van der Waals surface area contributed by atoms with E-state index in [-0.39, 0.29) is 5.91 Å². The third-order valence-electron chi connectivity index (χ3n) is 3.74. The van der Waals surface area contributed by atoms with E-state index in [2.05, 4.69) is 20.4 Å². The van der Waals surface area contributed by atoms with E-state index in [1.54, 1.807) is 18.3 Å². The van der Waals surface area contributed by atoms with Gasteiger partial charge in [-0.3, -0.25) is 9.89 Å². The zero-order valence-electron chi connectivity index (χ0n) is 11.8. The molecule has 1 saturated heterocycles. The lowest BCUT2D eigenvalue weighted by molar-refractivity contribution is 0.0698. The summed E-state index contributed by atoms with van der Waals surface area (Å²) in [5.41, 5.74) is 1.43. The Morgan fingerprint density at radius 2 is 2.29 bits per heavy atom. The second-order valence-electron chi connectivity index (χ2n) is 5.06. The van der Waals surface area contributed by atoms with Gasteiger partial charge in [0, 0.05) is 37.0 Å². The Morgan fingerprint density at radius 3 is 2.95 bits per heavy atom. The first-order valence-corrected chi connectivity index (χ1v) is 6.94. The van der Waals surface area contributed by atoms with Crippen molar-refractivity contribution in [3.63, 3.8) is 0 Å². The topological polar surface area (TPSA) is 84.0 Å². The standard InChI is InChI=1S/C14H17N5O2/c1-21-13-5-4-12(17-18-13)14(20)19-8-2-3-10(9-19)11-6-7-15-16-11/h4-7,10H,2-3,8-9H2,1H3,(H,15,16). The highest BCUT2D eigenvalue weighted by Gasteiger charge is 2.27. The molecule has 0 radical (unpaired) electrons. The highest BCUT2D eigenvalue weighted by Crippen LogP contribution is 2.26. The predicted octanol–water partition coefficient (Wildman–Crippen LogP) is 1.23. The van der Waals surface area contributed by atoms with Crippen LogP contribution in [0.4, 0.5) is 0 Å². The molecule has 3 heterocycles. The van der Waals surface area contributed by atoms with Crippen molar-refractivity contribution in [3.8, 4) is 5.88 Å². The van der Waals surface area contributed by atoms with Crippen LogP contribution < -0.4 is 4.74 Å². The average Bonchev–Trinajstić information content (AvgIpc) is 3.09. The van der Waals surface area contributed by atoms with Crippen LogP contribution in [0, 0.1) is 0 Å². The molecule has 1 atom stereocenters. The Kier molecular flexibility index (Phi) is 3.81. The number of ether oxygens (including phenoxy) is 1. The molecule has 7 heteroatoms. The minimum atomic E-state index is -0.0885. The molecule has 1 aliphatic heterocycles. The van der Waals surface area contributed by atoms with Crippen LogP contribution in [0.1, 0.15) is 34.9 Å². The van der Waals surface area contributed by atoms with Gasteiger partial charge in [0.15, 0.2) is 5.69 Å². The minimum absolute atomic E-state index is 0.0885. The number of H-pyrrole nitrogens is 1. The fourth-order valence-corrected chi connectivity index (χ4v) is 2.61. The number of rotatable bonds is 3. The van der Waals surface area contributed by atoms with Crippen LogP contribution in [-0.4, -0.2) is 51.4 Å². The quantitative estimate of drug-likeness (QED) is 0.917. The number of methoxy groups -OCH3 is 1. The van der Waals surface area contributed by atoms with Crippen LogP contribution in [0.3, 0.4) is 0 Å². The van der Waals surface area contributed by atoms with Crippen molar-refractivity contribution in [2.24, 2.45) is 0 Å². The number of hydrogen-bond acceptors (Lipinski definition) is 5. The van der Waals surface area contributed by atoms with E-state index in [0.29, 0.717) is 24.0 Å². The van der Waals surface area contributed by atoms with Crippen LogP contribution in [0.25, 0.3) is 0 Å². The van der Waals surface area contributed by atoms with Crippen LogP contribution >= 0.6 is 0 Å². The maximum Gasteiger partial charge on any atom is 0.274 e. The number of nitrogens with one attached hydrogen (secondary N) is 1. The Balaban J connectivity index is 1.71. The second kappa shape index (κ2) is 5.90. The molecule has 2 aromatic heterocycles. The highest BCUT2D eigenvalue weighted by atomic mass is 16.5. The number of aromatic nitrogens is 4. The highest BCUT2D eigenvalue weighted by molar-refractivity contribution is 5.92. The summed E-state index contributed by atoms with van der Waals surface area (Å²) in [6, 6.07) is 5.26. The second-order valence-corrected chi connectivity index (χ2v) is 5.06. The van der Waals surface area contributed by atoms with Crippen molar-refractivity contribution in [1.29, 1.82) is 0 Å². The number of carbonyl (C=O) groups excluding carboxylic acids is 1. The van der Waals surface area contributed by atoms with Gasteiger partial charge in [-0.25, -0.2) is 0 Å². The molecule has 7 nitrogen and oxygen atoms in total. The molecule has 1 amide bonds. The third-order valence-corrected chi connectivity index (χ3v) is 3.74. The fourth-order valence-electron chi connectivity index (χ4n) is 2.61. The first-order chi connectivity index (χ1) is 10.3. The maximum absolute atomic E-state index is 12.5. The van der Waals surface area contributed by atoms with Crippen molar-refractivity contribution in [2.45, 2.75) is 18.8 Å². The molecule has 21 heavy (non-hydrogen) atoms. The van der Waals surface area contributed by atoms with Crippen molar-refractivity contribution in [1.82, 2.24) is 25.3 Å². The molecule has 1 fully saturated rings. The first-order valence-electron chi connectivity index (χ1n) is 6.94. The number of likely N-dealkylation sites (tertiary alicyclic amines) is 1. The summed E-state index contributed by atoms with van der Waals surface area (Å²) >= 11 is 0. The average molecular weight is 287 g/mol. The van der Waals surface area contributed by atoms with Gasteiger partial charge in [0.2, 0.25) is 5.88 Å². The van der Waals surface area contributed by atoms with E-state index in [1.165, 1.54) is 7.11 Å². The van der Waals surface area contributed by atoms with Crippen LogP contribution in [-0.2, 0) is 0 Å². The molecule has 1 unspecified atom stereocenters. The summed E-state index contributed by atoms with van der Waals surface area (Å²) in [6.07, 6.45) is 3.77. The van der Waals surface area contributed by atoms with Crippen LogP contribution in [0.15, 0.2) is 24.4 Å². The van der Waals surface area contributed by atoms with Gasteiger partial charge in [-0.15, -0.1) is 10.2 Å². The molecule has 2 aromatic rings. The monoisotopic (exact) mass is 287 g/mol. The summed E-state index contributed by atoms with van der Waals surface area (Å²) in [5.74, 6) is 0.617. The molecular weight excluding hydrogens is 270 g/mol. The van der Waals surface area contributed by atoms with Gasteiger partial charge in [0.25, 0.3) is 5.91 Å². The fraction of sp³-hybridized carbons (Fsp3) is 0.429. The summed E-state index contributed by atoms with van der Waals surface area (Å²) in [5, 5.41) is 14.7. The zero-order chi connectivity index (χ0) is 14.7. The Bertz CT molecular complexity index is 596. The lowest BCUT2D eigenvalue weighted by Gasteiger charge is -2.31. The van der Waals surface area contributed by atoms with Gasteiger partial charge in [-0.05, 0) is 25.0 Å². The summed E-state index contributed by atoms with van der Waals surface area (Å²) < 4.78 is 4.95. The molecular formula is C14H17N5O2. The maximum atomic E-state index is 12.5. The minimum Gasteiger partial charge on any atom is -0.480 e. The largest absolute Gasteiger partial charge is 0.480 e. The first kappa shape index (κ1) is 13.5. The molecule has 110 valence electrons. The van der Waals surface area contributed by atoms with E-state index in [9.17, 15) is 4.79 Å². The SMILES string of the molecule is COc1ccc(C(=O)N2CCCC(c3ccn[nH]3)C2)nn1. The number of nitrogens with zero attached hydrogens (tertiary/aromatic N) is 4. The van der Waals surface area contributed by atoms with Crippen molar-refractivity contribution >= 4 is 5.91 Å². The molecule has 0 saturated carbocycles. The molecule has 0 spiro atoms. The smallest absolute Gasteiger partial charge is 0.274 e. The number of carbonyl (C=O) groups is 1. The normalized spacial score (nSPS) is 18.5. The van der Waals surface area contributed by atoms with E-state index < -0.39 is 0 Å². The summed E-state index contributed by atoms with van der Waals surface area (Å²) in [6.45, 7) is 1.42. The lowest BCUT2D eigenvalue weighted by Crippen LogP contribution is -2.39. The van der Waals surface area contributed by atoms with Crippen molar-refractivity contribution in [3.05, 3.63) is 35.8 Å². The number of piperidine rings is 1. The van der Waals surface area contributed by atoms with E-state index >= 15 is 0 Å². The van der Waals surface area contributed by atoms with Gasteiger partial charge in [0.05, 0.1) is 7.11 Å². The molecule has 0 aromatic carbocycles. The van der Waals surface area contributed by atoms with Crippen molar-refractivity contribution in [2.75, 3.05) is 20.2 Å². The molecule has 0 aliphatic carbocycles. The number of amides is 1. The molecule has 3 rings (SSSR count). The zero-order valence-corrected chi connectivity index (χ0v) is 11.8. The Hall–Kier alpha value is -2.44. The molecule has 1 aliphatic rings. The van der Waals surface area contributed by atoms with E-state index in [4.69, 9.17) is 4.74 Å². The number of aromatic amines is 1. The van der Waals surface area contributed by atoms with Gasteiger partial charge >= 0.3 is 0 Å². The molecule has 0 bridgehead atoms. The van der Waals surface area contributed by atoms with E-state index in [1.807, 2.05) is 11.0 Å². The third kappa shape index (κ3) is 2.86. The number of hydrogen-bond donors (Lipinski definition) is 1. The Morgan fingerprint density at radius 1 is 1.38 bits per heavy atom.